The predicted molar refractivity (Wildman–Crippen MR) is 130 cm³/mol. The summed E-state index contributed by atoms with van der Waals surface area (Å²) in [6.45, 7) is 5.66. The molecule has 0 saturated heterocycles. The van der Waals surface area contributed by atoms with Gasteiger partial charge in [0, 0.05) is 36.8 Å². The molecule has 0 bridgehead atoms. The molecule has 0 unspecified atom stereocenters. The normalized spacial score (nSPS) is 11.8. The minimum Gasteiger partial charge on any atom is -0.489 e. The Kier molecular flexibility index (Phi) is 7.24. The minimum absolute atomic E-state index is 0.0246. The molecule has 2 heterocycles. The van der Waals surface area contributed by atoms with Gasteiger partial charge in [-0.25, -0.2) is 0 Å². The molecule has 9 heteroatoms. The quantitative estimate of drug-likeness (QED) is 0.331. The zero-order valence-corrected chi connectivity index (χ0v) is 20.3. The molecule has 4 aromatic rings. The van der Waals surface area contributed by atoms with E-state index in [1.165, 1.54) is 0 Å². The largest absolute Gasteiger partial charge is 0.489 e. The van der Waals surface area contributed by atoms with Crippen molar-refractivity contribution >= 4 is 34.1 Å². The van der Waals surface area contributed by atoms with Crippen LogP contribution >= 0.6 is 23.2 Å². The van der Waals surface area contributed by atoms with E-state index in [4.69, 9.17) is 37.6 Å². The molecule has 2 aromatic carbocycles. The van der Waals surface area contributed by atoms with E-state index in [2.05, 4.69) is 27.2 Å². The van der Waals surface area contributed by atoms with Crippen molar-refractivity contribution in [3.05, 3.63) is 58.2 Å². The minimum atomic E-state index is 0.0246. The van der Waals surface area contributed by atoms with Gasteiger partial charge in [0.1, 0.15) is 5.75 Å². The summed E-state index contributed by atoms with van der Waals surface area (Å²) >= 11 is 12.9. The summed E-state index contributed by atoms with van der Waals surface area (Å²) < 4.78 is 13.0. The van der Waals surface area contributed by atoms with Crippen LogP contribution in [0, 0.1) is 0 Å². The summed E-state index contributed by atoms with van der Waals surface area (Å²) in [6.07, 6.45) is 2.55. The van der Waals surface area contributed by atoms with Crippen molar-refractivity contribution in [1.82, 2.24) is 19.6 Å². The summed E-state index contributed by atoms with van der Waals surface area (Å²) in [4.78, 5) is 6.71. The lowest BCUT2D eigenvalue weighted by molar-refractivity contribution is 0.242. The van der Waals surface area contributed by atoms with Crippen LogP contribution in [0.25, 0.3) is 28.3 Å². The summed E-state index contributed by atoms with van der Waals surface area (Å²) in [7, 11) is 2.03. The van der Waals surface area contributed by atoms with Crippen LogP contribution in [-0.2, 0) is 6.54 Å². The third-order valence-corrected chi connectivity index (χ3v) is 5.74. The van der Waals surface area contributed by atoms with Crippen molar-refractivity contribution in [2.24, 2.45) is 0 Å². The number of aromatic nitrogens is 3. The van der Waals surface area contributed by atoms with E-state index in [0.717, 1.165) is 36.0 Å². The van der Waals surface area contributed by atoms with Gasteiger partial charge in [-0.15, -0.1) is 0 Å². The van der Waals surface area contributed by atoms with Gasteiger partial charge in [-0.3, -0.25) is 4.57 Å². The lowest BCUT2D eigenvalue weighted by Gasteiger charge is -2.16. The highest BCUT2D eigenvalue weighted by atomic mass is 35.5. The molecule has 0 aliphatic heterocycles. The Labute approximate surface area is 202 Å². The van der Waals surface area contributed by atoms with E-state index in [1.807, 2.05) is 37.6 Å². The molecule has 7 nitrogen and oxygen atoms in total. The second-order valence-electron chi connectivity index (χ2n) is 8.22. The fourth-order valence-corrected chi connectivity index (χ4v) is 4.12. The predicted octanol–water partition coefficient (Wildman–Crippen LogP) is 5.59. The molecule has 0 aliphatic carbocycles. The number of aliphatic hydroxyl groups excluding tert-OH is 1. The Morgan fingerprint density at radius 1 is 1.15 bits per heavy atom. The molecular formula is C24H26Cl2N4O3. The molecule has 0 spiro atoms. The van der Waals surface area contributed by atoms with Crippen LogP contribution in [0.4, 0.5) is 0 Å². The lowest BCUT2D eigenvalue weighted by Crippen LogP contribution is -2.19. The number of hydrogen-bond acceptors (Lipinski definition) is 6. The third-order valence-electron chi connectivity index (χ3n) is 5.14. The average molecular weight is 489 g/mol. The maximum Gasteiger partial charge on any atom is 0.275 e. The van der Waals surface area contributed by atoms with Gasteiger partial charge in [0.05, 0.1) is 21.7 Å². The highest BCUT2D eigenvalue weighted by molar-refractivity contribution is 6.35. The third kappa shape index (κ3) is 5.33. The Hall–Kier alpha value is -2.58. The second kappa shape index (κ2) is 10.1. The van der Waals surface area contributed by atoms with Crippen molar-refractivity contribution < 1.29 is 14.4 Å². The van der Waals surface area contributed by atoms with Gasteiger partial charge >= 0.3 is 0 Å². The van der Waals surface area contributed by atoms with Gasteiger partial charge in [-0.2, -0.15) is 4.98 Å². The molecule has 0 amide bonds. The topological polar surface area (TPSA) is 76.5 Å². The summed E-state index contributed by atoms with van der Waals surface area (Å²) in [5, 5.41) is 15.2. The van der Waals surface area contributed by atoms with E-state index in [9.17, 15) is 0 Å². The first kappa shape index (κ1) is 23.6. The number of benzene rings is 2. The Morgan fingerprint density at radius 3 is 2.70 bits per heavy atom. The zero-order valence-electron chi connectivity index (χ0n) is 18.8. The number of hydrogen-bond donors (Lipinski definition) is 1. The second-order valence-corrected chi connectivity index (χ2v) is 9.04. The van der Waals surface area contributed by atoms with Crippen LogP contribution < -0.4 is 4.74 Å². The van der Waals surface area contributed by atoms with Gasteiger partial charge in [-0.05, 0) is 68.4 Å². The van der Waals surface area contributed by atoms with Crippen molar-refractivity contribution in [2.45, 2.75) is 32.9 Å². The smallest absolute Gasteiger partial charge is 0.275 e. The van der Waals surface area contributed by atoms with Gasteiger partial charge in [0.15, 0.2) is 0 Å². The van der Waals surface area contributed by atoms with Gasteiger partial charge in [0.25, 0.3) is 11.8 Å². The molecule has 4 rings (SSSR count). The summed E-state index contributed by atoms with van der Waals surface area (Å²) in [5.74, 6) is 1.34. The monoisotopic (exact) mass is 488 g/mol. The molecule has 1 N–H and O–H groups in total. The molecular weight excluding hydrogens is 463 g/mol. The fraction of sp³-hybridized carbons (Fsp3) is 0.333. The first-order valence-corrected chi connectivity index (χ1v) is 11.5. The van der Waals surface area contributed by atoms with Crippen LogP contribution in [-0.4, -0.2) is 51.0 Å². The number of rotatable bonds is 9. The molecule has 0 aliphatic rings. The van der Waals surface area contributed by atoms with Crippen molar-refractivity contribution in [1.29, 1.82) is 0 Å². The number of fused-ring (bicyclic) bond motifs is 1. The molecule has 33 heavy (non-hydrogen) atoms. The molecule has 0 atom stereocenters. The van der Waals surface area contributed by atoms with E-state index < -0.39 is 0 Å². The van der Waals surface area contributed by atoms with Crippen LogP contribution in [0.5, 0.6) is 5.75 Å². The van der Waals surface area contributed by atoms with Gasteiger partial charge in [-0.1, -0.05) is 29.3 Å². The van der Waals surface area contributed by atoms with Crippen LogP contribution in [0.1, 0.15) is 25.8 Å². The van der Waals surface area contributed by atoms with Crippen LogP contribution in [0.15, 0.2) is 47.1 Å². The summed E-state index contributed by atoms with van der Waals surface area (Å²) in [5.41, 5.74) is 2.72. The summed E-state index contributed by atoms with van der Waals surface area (Å²) in [6, 6.07) is 11.5. The molecule has 0 fully saturated rings. The van der Waals surface area contributed by atoms with Gasteiger partial charge in [0.2, 0.25) is 0 Å². The number of nitrogens with zero attached hydrogens (tertiary/aromatic N) is 4. The first-order valence-electron chi connectivity index (χ1n) is 10.7. The van der Waals surface area contributed by atoms with Crippen LogP contribution in [0.3, 0.4) is 0 Å². The van der Waals surface area contributed by atoms with E-state index in [-0.39, 0.29) is 12.7 Å². The molecule has 0 saturated carbocycles. The number of aliphatic hydroxyl groups is 1. The first-order chi connectivity index (χ1) is 15.9. The molecule has 174 valence electrons. The average Bonchev–Trinajstić information content (AvgIpc) is 3.38. The zero-order chi connectivity index (χ0) is 23.5. The van der Waals surface area contributed by atoms with Crippen molar-refractivity contribution in [2.75, 3.05) is 20.2 Å². The van der Waals surface area contributed by atoms with E-state index in [1.54, 1.807) is 18.3 Å². The van der Waals surface area contributed by atoms with Crippen molar-refractivity contribution in [3.63, 3.8) is 0 Å². The Bertz CT molecular complexity index is 1250. The SMILES string of the molecule is CC(C)Oc1ccc(-c2nc(-n3cc(Cl)c4cc(CN(C)CCCO)ccc43)no2)cc1Cl. The van der Waals surface area contributed by atoms with E-state index in [0.29, 0.717) is 33.2 Å². The highest BCUT2D eigenvalue weighted by Crippen LogP contribution is 2.32. The molecule has 0 radical (unpaired) electrons. The van der Waals surface area contributed by atoms with E-state index >= 15 is 0 Å². The Morgan fingerprint density at radius 2 is 1.97 bits per heavy atom. The molecule has 2 aromatic heterocycles. The van der Waals surface area contributed by atoms with Gasteiger partial charge < -0.3 is 19.3 Å². The maximum absolute atomic E-state index is 9.02. The van der Waals surface area contributed by atoms with Crippen molar-refractivity contribution in [3.8, 4) is 23.2 Å². The number of ether oxygens (including phenoxy) is 1. The van der Waals surface area contributed by atoms with Crippen LogP contribution in [0.2, 0.25) is 10.0 Å². The number of halogens is 2. The standard InChI is InChI=1S/C24H26Cl2N4O3/c1-15(2)32-22-8-6-17(12-19(22)25)23-27-24(28-33-23)30-14-20(26)18-11-16(5-7-21(18)30)13-29(3)9-4-10-31/h5-8,11-12,14-15,31H,4,9-10,13H2,1-3H3. The maximum atomic E-state index is 9.02. The Balaban J connectivity index is 1.59. The highest BCUT2D eigenvalue weighted by Gasteiger charge is 2.17. The fourth-order valence-electron chi connectivity index (χ4n) is 3.65. The lowest BCUT2D eigenvalue weighted by atomic mass is 10.1.